The number of rotatable bonds is 2. The molecule has 1 aromatic carbocycles. The lowest BCUT2D eigenvalue weighted by Gasteiger charge is -2.49. The summed E-state index contributed by atoms with van der Waals surface area (Å²) in [6.07, 6.45) is 6.58. The van der Waals surface area contributed by atoms with Gasteiger partial charge < -0.3 is 4.90 Å². The maximum Gasteiger partial charge on any atom is 0.179 e. The molecule has 2 aliphatic heterocycles. The van der Waals surface area contributed by atoms with E-state index in [2.05, 4.69) is 16.0 Å². The van der Waals surface area contributed by atoms with Crippen molar-refractivity contribution < 1.29 is 9.11 Å². The third-order valence-electron chi connectivity index (χ3n) is 4.76. The Labute approximate surface area is 147 Å². The van der Waals surface area contributed by atoms with Gasteiger partial charge in [0.15, 0.2) is 6.19 Å². The zero-order valence-electron chi connectivity index (χ0n) is 13.8. The fourth-order valence-electron chi connectivity index (χ4n) is 3.43. The Morgan fingerprint density at radius 2 is 2.20 bits per heavy atom. The Morgan fingerprint density at radius 3 is 2.88 bits per heavy atom. The van der Waals surface area contributed by atoms with E-state index in [1.165, 1.54) is 0 Å². The van der Waals surface area contributed by atoms with Crippen molar-refractivity contribution in [1.29, 1.82) is 5.26 Å². The molecule has 2 aliphatic rings. The van der Waals surface area contributed by atoms with Crippen molar-refractivity contribution >= 4 is 16.6 Å². The predicted molar refractivity (Wildman–Crippen MR) is 96.2 cm³/mol. The van der Waals surface area contributed by atoms with Gasteiger partial charge in [0.25, 0.3) is 0 Å². The van der Waals surface area contributed by atoms with Gasteiger partial charge in [-0.05, 0) is 23.6 Å². The van der Waals surface area contributed by atoms with E-state index < -0.39 is 11.0 Å². The average Bonchev–Trinajstić information content (AvgIpc) is 3.21. The van der Waals surface area contributed by atoms with Gasteiger partial charge in [0.05, 0.1) is 17.9 Å². The fraction of sp³-hybridized carbons (Fsp3) is 0.375. The second-order valence-corrected chi connectivity index (χ2v) is 8.17. The molecule has 0 saturated carbocycles. The van der Waals surface area contributed by atoms with Crippen molar-refractivity contribution in [3.05, 3.63) is 36.2 Å². The number of nitrogens with one attached hydrogen (secondary N) is 1. The first-order chi connectivity index (χ1) is 12.0. The summed E-state index contributed by atoms with van der Waals surface area (Å²) in [7, 11) is -1.26. The van der Waals surface area contributed by atoms with Gasteiger partial charge in [-0.3, -0.25) is 18.5 Å². The minimum atomic E-state index is -3.12. The standard InChI is InChI=1S/C16H20N6O2S/c1-20-8-14(7-18-20)12-2-3-13-9-22(15-4-5-21(10-15)11-17)25(23,24)19-16(13)6-12/h2-3,6-8,15,19,23-24H,4-5,9-10H2,1H3/t15-/m1/s1. The molecule has 3 N–H and O–H groups in total. The summed E-state index contributed by atoms with van der Waals surface area (Å²) in [5.41, 5.74) is 3.69. The van der Waals surface area contributed by atoms with Crippen LogP contribution in [0.25, 0.3) is 11.1 Å². The van der Waals surface area contributed by atoms with E-state index in [9.17, 15) is 9.11 Å². The summed E-state index contributed by atoms with van der Waals surface area (Å²) in [6.45, 7) is 1.62. The molecule has 132 valence electrons. The summed E-state index contributed by atoms with van der Waals surface area (Å²) in [5, 5.41) is 13.2. The van der Waals surface area contributed by atoms with Gasteiger partial charge in [0.2, 0.25) is 0 Å². The Balaban J connectivity index is 1.62. The van der Waals surface area contributed by atoms with E-state index in [0.29, 0.717) is 19.6 Å². The molecule has 1 fully saturated rings. The molecule has 0 bridgehead atoms. The van der Waals surface area contributed by atoms with E-state index in [-0.39, 0.29) is 6.04 Å². The van der Waals surface area contributed by atoms with Crippen LogP contribution in [-0.4, -0.2) is 47.2 Å². The van der Waals surface area contributed by atoms with E-state index in [1.54, 1.807) is 20.1 Å². The highest BCUT2D eigenvalue weighted by molar-refractivity contribution is 8.23. The number of nitriles is 1. The molecule has 1 saturated heterocycles. The van der Waals surface area contributed by atoms with Crippen LogP contribution in [0.15, 0.2) is 30.6 Å². The summed E-state index contributed by atoms with van der Waals surface area (Å²) in [6, 6.07) is 5.89. The van der Waals surface area contributed by atoms with Crippen LogP contribution in [0.1, 0.15) is 12.0 Å². The normalized spacial score (nSPS) is 23.6. The number of aryl methyl sites for hydroxylation is 1. The van der Waals surface area contributed by atoms with Gasteiger partial charge in [0, 0.05) is 38.4 Å². The average molecular weight is 360 g/mol. The smallest absolute Gasteiger partial charge is 0.179 e. The molecule has 4 rings (SSSR count). The van der Waals surface area contributed by atoms with Crippen molar-refractivity contribution in [3.63, 3.8) is 0 Å². The molecule has 25 heavy (non-hydrogen) atoms. The largest absolute Gasteiger partial charge is 0.309 e. The Bertz CT molecular complexity index is 845. The molecule has 3 heterocycles. The van der Waals surface area contributed by atoms with Gasteiger partial charge in [-0.2, -0.15) is 14.7 Å². The van der Waals surface area contributed by atoms with Gasteiger partial charge in [-0.1, -0.05) is 23.1 Å². The van der Waals surface area contributed by atoms with Gasteiger partial charge in [-0.15, -0.1) is 0 Å². The van der Waals surface area contributed by atoms with Gasteiger partial charge in [0.1, 0.15) is 0 Å². The molecule has 9 heteroatoms. The third-order valence-corrected chi connectivity index (χ3v) is 6.34. The summed E-state index contributed by atoms with van der Waals surface area (Å²) >= 11 is 0. The quantitative estimate of drug-likeness (QED) is 0.707. The van der Waals surface area contributed by atoms with Crippen molar-refractivity contribution in [2.24, 2.45) is 7.05 Å². The minimum absolute atomic E-state index is 0.0525. The molecule has 0 aliphatic carbocycles. The molecule has 0 spiro atoms. The highest BCUT2D eigenvalue weighted by atomic mass is 32.3. The maximum atomic E-state index is 10.6. The number of anilines is 1. The highest BCUT2D eigenvalue weighted by Gasteiger charge is 2.38. The molecular formula is C16H20N6O2S. The van der Waals surface area contributed by atoms with Crippen LogP contribution in [0, 0.1) is 11.5 Å². The number of hydrogen-bond donors (Lipinski definition) is 3. The lowest BCUT2D eigenvalue weighted by molar-refractivity contribution is 0.276. The minimum Gasteiger partial charge on any atom is -0.309 e. The summed E-state index contributed by atoms with van der Waals surface area (Å²) in [5.74, 6) is 0. The first-order valence-electron chi connectivity index (χ1n) is 8.05. The lowest BCUT2D eigenvalue weighted by Crippen LogP contribution is -2.43. The zero-order valence-corrected chi connectivity index (χ0v) is 14.6. The molecule has 0 radical (unpaired) electrons. The van der Waals surface area contributed by atoms with E-state index in [4.69, 9.17) is 5.26 Å². The fourth-order valence-corrected chi connectivity index (χ4v) is 4.94. The summed E-state index contributed by atoms with van der Waals surface area (Å²) < 4.78 is 27.5. The van der Waals surface area contributed by atoms with E-state index >= 15 is 0 Å². The Hall–Kier alpha value is -2.25. The van der Waals surface area contributed by atoms with Crippen LogP contribution in [0.5, 0.6) is 0 Å². The molecule has 8 nitrogen and oxygen atoms in total. The molecule has 1 atom stereocenters. The second-order valence-electron chi connectivity index (χ2n) is 6.46. The van der Waals surface area contributed by atoms with Crippen LogP contribution >= 0.6 is 11.0 Å². The maximum absolute atomic E-state index is 10.6. The number of benzene rings is 1. The molecule has 2 aromatic rings. The topological polar surface area (TPSA) is 101 Å². The van der Waals surface area contributed by atoms with E-state index in [1.807, 2.05) is 31.4 Å². The number of fused-ring (bicyclic) bond motifs is 1. The monoisotopic (exact) mass is 360 g/mol. The summed E-state index contributed by atoms with van der Waals surface area (Å²) in [4.78, 5) is 1.65. The van der Waals surface area contributed by atoms with Crippen LogP contribution in [0.4, 0.5) is 5.69 Å². The Morgan fingerprint density at radius 1 is 1.36 bits per heavy atom. The highest BCUT2D eigenvalue weighted by Crippen LogP contribution is 2.51. The van der Waals surface area contributed by atoms with Crippen molar-refractivity contribution in [2.75, 3.05) is 17.8 Å². The van der Waals surface area contributed by atoms with Crippen LogP contribution in [-0.2, 0) is 13.6 Å². The lowest BCUT2D eigenvalue weighted by atomic mass is 10.0. The van der Waals surface area contributed by atoms with Crippen LogP contribution < -0.4 is 4.72 Å². The number of nitrogens with zero attached hydrogens (tertiary/aromatic N) is 5. The first-order valence-corrected chi connectivity index (χ1v) is 9.56. The van der Waals surface area contributed by atoms with E-state index in [0.717, 1.165) is 28.8 Å². The van der Waals surface area contributed by atoms with Crippen LogP contribution in [0.3, 0.4) is 0 Å². The molecule has 1 aromatic heterocycles. The second kappa shape index (κ2) is 5.93. The third kappa shape index (κ3) is 2.94. The molecule has 0 amide bonds. The van der Waals surface area contributed by atoms with Crippen LogP contribution in [0.2, 0.25) is 0 Å². The zero-order chi connectivity index (χ0) is 17.6. The molecule has 0 unspecified atom stereocenters. The Kier molecular flexibility index (Phi) is 3.85. The first kappa shape index (κ1) is 16.2. The van der Waals surface area contributed by atoms with Gasteiger partial charge >= 0.3 is 0 Å². The number of aromatic nitrogens is 2. The predicted octanol–water partition coefficient (Wildman–Crippen LogP) is 2.45. The van der Waals surface area contributed by atoms with Gasteiger partial charge in [-0.25, -0.2) is 0 Å². The number of likely N-dealkylation sites (tertiary alicyclic amines) is 1. The SMILES string of the molecule is Cn1cc(-c2ccc3c(c2)NS(O)(O)N([C@@H]2CCN(C#N)C2)C3)cn1. The van der Waals surface area contributed by atoms with Crippen molar-refractivity contribution in [1.82, 2.24) is 19.0 Å². The van der Waals surface area contributed by atoms with Crippen molar-refractivity contribution in [3.8, 4) is 17.3 Å². The van der Waals surface area contributed by atoms with Crippen molar-refractivity contribution in [2.45, 2.75) is 19.0 Å². The number of hydrogen-bond acceptors (Lipinski definition) is 7. The molecular weight excluding hydrogens is 340 g/mol.